The number of aromatic nitrogens is 5. The van der Waals surface area contributed by atoms with E-state index in [9.17, 15) is 0 Å². The first-order valence-corrected chi connectivity index (χ1v) is 14.6. The zero-order valence-corrected chi connectivity index (χ0v) is 23.8. The van der Waals surface area contributed by atoms with Gasteiger partial charge in [-0.2, -0.15) is 0 Å². The number of imidazole rings is 1. The molecule has 0 bridgehead atoms. The Morgan fingerprint density at radius 3 is 2.19 bits per heavy atom. The molecule has 9 rings (SSSR count). The number of hydrogen-bond donors (Lipinski definition) is 0. The van der Waals surface area contributed by atoms with E-state index < -0.39 is 0 Å². The molecule has 5 nitrogen and oxygen atoms in total. The summed E-state index contributed by atoms with van der Waals surface area (Å²) < 4.78 is 4.57. The molecular formula is C36H28BN5. The van der Waals surface area contributed by atoms with E-state index in [0.717, 1.165) is 51.2 Å². The van der Waals surface area contributed by atoms with Crippen LogP contribution in [0.4, 0.5) is 0 Å². The molecule has 42 heavy (non-hydrogen) atoms. The van der Waals surface area contributed by atoms with Gasteiger partial charge in [0.1, 0.15) is 0 Å². The Bertz CT molecular complexity index is 2390. The average molecular weight is 541 g/mol. The van der Waals surface area contributed by atoms with Gasteiger partial charge in [0, 0.05) is 5.39 Å². The lowest BCUT2D eigenvalue weighted by Crippen LogP contribution is -2.59. The van der Waals surface area contributed by atoms with Crippen LogP contribution in [0.1, 0.15) is 26.3 Å². The van der Waals surface area contributed by atoms with E-state index in [2.05, 4.69) is 121 Å². The molecule has 6 heteroatoms. The van der Waals surface area contributed by atoms with Crippen LogP contribution in [-0.2, 0) is 6.42 Å². The first-order chi connectivity index (χ1) is 20.5. The molecule has 1 aliphatic rings. The lowest BCUT2D eigenvalue weighted by atomic mass is 9.36. The summed E-state index contributed by atoms with van der Waals surface area (Å²) in [5.74, 6) is 1.71. The minimum atomic E-state index is -0.0599. The number of rotatable bonds is 2. The first kappa shape index (κ1) is 23.7. The normalized spacial score (nSPS) is 13.2. The van der Waals surface area contributed by atoms with Crippen LogP contribution in [0.15, 0.2) is 103 Å². The molecule has 0 radical (unpaired) electrons. The van der Waals surface area contributed by atoms with Crippen LogP contribution in [0, 0.1) is 5.41 Å². The maximum atomic E-state index is 5.39. The van der Waals surface area contributed by atoms with Gasteiger partial charge in [-0.3, -0.25) is 14.0 Å². The van der Waals surface area contributed by atoms with Gasteiger partial charge < -0.3 is 0 Å². The van der Waals surface area contributed by atoms with Gasteiger partial charge in [0.15, 0.2) is 5.82 Å². The molecule has 200 valence electrons. The molecule has 0 unspecified atom stereocenters. The minimum absolute atomic E-state index is 0.0599. The summed E-state index contributed by atoms with van der Waals surface area (Å²) in [4.78, 5) is 16.0. The van der Waals surface area contributed by atoms with Crippen LogP contribution in [0.2, 0.25) is 0 Å². The van der Waals surface area contributed by atoms with Crippen molar-refractivity contribution in [1.82, 2.24) is 23.9 Å². The molecular weight excluding hydrogens is 513 g/mol. The van der Waals surface area contributed by atoms with Crippen molar-refractivity contribution in [2.45, 2.75) is 27.2 Å². The quantitative estimate of drug-likeness (QED) is 0.255. The number of fused-ring (bicyclic) bond motifs is 8. The summed E-state index contributed by atoms with van der Waals surface area (Å²) in [6.07, 6.45) is 0.976. The fourth-order valence-electron chi connectivity index (χ4n) is 7.09. The summed E-state index contributed by atoms with van der Waals surface area (Å²) in [5.41, 5.74) is 11.2. The molecule has 0 fully saturated rings. The largest absolute Gasteiger partial charge is 0.277 e. The zero-order valence-electron chi connectivity index (χ0n) is 23.8. The zero-order chi connectivity index (χ0) is 28.2. The van der Waals surface area contributed by atoms with Crippen LogP contribution in [0.5, 0.6) is 0 Å². The van der Waals surface area contributed by atoms with E-state index in [-0.39, 0.29) is 12.1 Å². The molecule has 0 amide bonds. The van der Waals surface area contributed by atoms with Gasteiger partial charge in [0.2, 0.25) is 5.78 Å². The molecule has 0 saturated carbocycles. The fraction of sp³-hybridized carbons (Fsp3) is 0.139. The predicted octanol–water partition coefficient (Wildman–Crippen LogP) is 5.95. The summed E-state index contributed by atoms with van der Waals surface area (Å²) in [5, 5.41) is 2.43. The first-order valence-electron chi connectivity index (χ1n) is 14.6. The topological polar surface area (TPSA) is 48.0 Å². The van der Waals surface area contributed by atoms with Crippen LogP contribution in [-0.4, -0.2) is 30.6 Å². The smallest absolute Gasteiger partial charge is 0.272 e. The van der Waals surface area contributed by atoms with Gasteiger partial charge >= 0.3 is 0 Å². The highest BCUT2D eigenvalue weighted by molar-refractivity contribution is 6.97. The lowest BCUT2D eigenvalue weighted by molar-refractivity contribution is 0.412. The van der Waals surface area contributed by atoms with Crippen molar-refractivity contribution in [1.29, 1.82) is 0 Å². The maximum absolute atomic E-state index is 5.39. The van der Waals surface area contributed by atoms with Gasteiger partial charge in [-0.05, 0) is 53.0 Å². The van der Waals surface area contributed by atoms with Crippen molar-refractivity contribution in [3.05, 3.63) is 109 Å². The highest BCUT2D eigenvalue weighted by atomic mass is 15.2. The SMILES string of the molecule is CC(C)(C)Cc1ccccc1B1c2nc3ccccc3nc2-n2c3c1ccc1cccc(c13)n1c3ccccc3nc21. The molecule has 0 atom stereocenters. The number of hydrogen-bond acceptors (Lipinski definition) is 3. The number of nitrogens with zero attached hydrogens (tertiary/aromatic N) is 5. The lowest BCUT2D eigenvalue weighted by Gasteiger charge is -2.30. The van der Waals surface area contributed by atoms with Crippen molar-refractivity contribution < 1.29 is 0 Å². The molecule has 0 aliphatic carbocycles. The third kappa shape index (κ3) is 3.23. The van der Waals surface area contributed by atoms with Crippen LogP contribution in [0.25, 0.3) is 55.5 Å². The number of benzene rings is 5. The van der Waals surface area contributed by atoms with Crippen molar-refractivity contribution in [2.75, 3.05) is 0 Å². The van der Waals surface area contributed by atoms with E-state index in [0.29, 0.717) is 0 Å². The molecule has 4 heterocycles. The van der Waals surface area contributed by atoms with Gasteiger partial charge in [-0.1, -0.05) is 105 Å². The maximum Gasteiger partial charge on any atom is 0.272 e. The van der Waals surface area contributed by atoms with Crippen LogP contribution < -0.4 is 16.5 Å². The van der Waals surface area contributed by atoms with E-state index >= 15 is 0 Å². The summed E-state index contributed by atoms with van der Waals surface area (Å²) in [6, 6.07) is 36.7. The highest BCUT2D eigenvalue weighted by Crippen LogP contribution is 2.34. The van der Waals surface area contributed by atoms with Crippen LogP contribution in [0.3, 0.4) is 0 Å². The van der Waals surface area contributed by atoms with Crippen molar-refractivity contribution in [3.8, 4) is 5.82 Å². The molecule has 3 aromatic heterocycles. The minimum Gasteiger partial charge on any atom is -0.277 e. The highest BCUT2D eigenvalue weighted by Gasteiger charge is 2.38. The Balaban J connectivity index is 1.52. The summed E-state index contributed by atoms with van der Waals surface area (Å²) in [6.45, 7) is 6.87. The van der Waals surface area contributed by atoms with E-state index in [4.69, 9.17) is 15.0 Å². The molecule has 8 aromatic rings. The summed E-state index contributed by atoms with van der Waals surface area (Å²) >= 11 is 0. The second-order valence-corrected chi connectivity index (χ2v) is 12.7. The second kappa shape index (κ2) is 8.29. The Hall–Kier alpha value is -4.97. The molecule has 1 aliphatic heterocycles. The molecule has 0 spiro atoms. The standard InChI is InChI=1S/C36H28BN5/c1-36(2,3)21-23-11-4-5-13-24(23)37-25-20-19-22-12-10-18-30-31(22)32(25)42(35-40-28-16-8-9-17-29(28)41(30)35)34-33(37)38-26-14-6-7-15-27(26)39-34/h4-20H,21H2,1-3H3. The Labute approximate surface area is 243 Å². The van der Waals surface area contributed by atoms with Gasteiger partial charge in [-0.25, -0.2) is 9.97 Å². The number of para-hydroxylation sites is 4. The molecule has 0 N–H and O–H groups in total. The average Bonchev–Trinajstić information content (AvgIpc) is 3.38. The Morgan fingerprint density at radius 2 is 1.36 bits per heavy atom. The van der Waals surface area contributed by atoms with Crippen molar-refractivity contribution >= 4 is 72.9 Å². The van der Waals surface area contributed by atoms with Gasteiger partial charge in [0.25, 0.3) is 6.71 Å². The van der Waals surface area contributed by atoms with Crippen molar-refractivity contribution in [3.63, 3.8) is 0 Å². The third-order valence-corrected chi connectivity index (χ3v) is 8.70. The fourth-order valence-corrected chi connectivity index (χ4v) is 7.09. The van der Waals surface area contributed by atoms with Crippen molar-refractivity contribution in [2.24, 2.45) is 5.41 Å². The van der Waals surface area contributed by atoms with Crippen LogP contribution >= 0.6 is 0 Å². The Kier molecular flexibility index (Phi) is 4.68. The van der Waals surface area contributed by atoms with E-state index in [1.54, 1.807) is 0 Å². The third-order valence-electron chi connectivity index (χ3n) is 8.70. The predicted molar refractivity (Wildman–Crippen MR) is 174 cm³/mol. The second-order valence-electron chi connectivity index (χ2n) is 12.7. The Morgan fingerprint density at radius 1 is 0.643 bits per heavy atom. The summed E-state index contributed by atoms with van der Waals surface area (Å²) in [7, 11) is 0. The van der Waals surface area contributed by atoms with Gasteiger partial charge in [-0.15, -0.1) is 0 Å². The molecule has 5 aromatic carbocycles. The monoisotopic (exact) mass is 541 g/mol. The van der Waals surface area contributed by atoms with Gasteiger partial charge in [0.05, 0.1) is 38.7 Å². The van der Waals surface area contributed by atoms with E-state index in [1.807, 2.05) is 12.1 Å². The molecule has 0 saturated heterocycles. The van der Waals surface area contributed by atoms with E-state index in [1.165, 1.54) is 32.8 Å².